The Morgan fingerprint density at radius 3 is 1.53 bits per heavy atom. The summed E-state index contributed by atoms with van der Waals surface area (Å²) in [4.78, 5) is 10.8. The summed E-state index contributed by atoms with van der Waals surface area (Å²) in [5.74, 6) is 1.48. The monoisotopic (exact) mass is 894 g/mol. The van der Waals surface area contributed by atoms with Crippen LogP contribution < -0.4 is 0 Å². The molecule has 0 saturated heterocycles. The van der Waals surface area contributed by atoms with Crippen LogP contribution in [0.1, 0.15) is 17.7 Å². The van der Waals surface area contributed by atoms with Crippen LogP contribution in [0, 0.1) is 0 Å². The Morgan fingerprint density at radius 1 is 0.357 bits per heavy atom. The fraction of sp³-hybridized carbons (Fsp3) is 0.0312. The Kier molecular flexibility index (Phi) is 8.38. The van der Waals surface area contributed by atoms with Crippen molar-refractivity contribution in [2.75, 3.05) is 0 Å². The zero-order valence-electron chi connectivity index (χ0n) is 38.0. The highest BCUT2D eigenvalue weighted by molar-refractivity contribution is 6.17. The van der Waals surface area contributed by atoms with E-state index >= 15 is 0 Å². The molecule has 0 unspecified atom stereocenters. The molecule has 1 aliphatic rings. The van der Waals surface area contributed by atoms with Crippen LogP contribution in [0.5, 0.6) is 0 Å². The summed E-state index contributed by atoms with van der Waals surface area (Å²) in [6.45, 7) is 0. The minimum Gasteiger partial charge on any atom is -0.312 e. The number of fused-ring (bicyclic) bond motifs is 12. The average Bonchev–Trinajstić information content (AvgIpc) is 4.16. The lowest BCUT2D eigenvalue weighted by Gasteiger charge is -2.15. The van der Waals surface area contributed by atoms with Gasteiger partial charge in [0.2, 0.25) is 0 Å². The molecule has 6 nitrogen and oxygen atoms in total. The van der Waals surface area contributed by atoms with Gasteiger partial charge in [-0.25, -0.2) is 9.97 Å². The molecule has 70 heavy (non-hydrogen) atoms. The van der Waals surface area contributed by atoms with Crippen molar-refractivity contribution in [3.05, 3.63) is 236 Å². The second kappa shape index (κ2) is 15.1. The first-order valence-electron chi connectivity index (χ1n) is 24.1. The van der Waals surface area contributed by atoms with Gasteiger partial charge >= 0.3 is 0 Å². The molecule has 9 aromatic carbocycles. The summed E-state index contributed by atoms with van der Waals surface area (Å²) in [6, 6.07) is 78.8. The van der Waals surface area contributed by atoms with Crippen LogP contribution in [0.2, 0.25) is 0 Å². The zero-order valence-corrected chi connectivity index (χ0v) is 38.0. The zero-order chi connectivity index (χ0) is 45.9. The fourth-order valence-corrected chi connectivity index (χ4v) is 11.7. The molecule has 328 valence electrons. The third-order valence-corrected chi connectivity index (χ3v) is 14.6. The van der Waals surface area contributed by atoms with Crippen molar-refractivity contribution < 1.29 is 0 Å². The molecule has 5 aromatic heterocycles. The number of hydrogen-bond donors (Lipinski definition) is 0. The number of benzene rings is 9. The average molecular weight is 895 g/mol. The number of allylic oxidation sites excluding steroid dienone is 1. The van der Waals surface area contributed by atoms with E-state index in [1.807, 2.05) is 6.07 Å². The van der Waals surface area contributed by atoms with E-state index in [2.05, 4.69) is 243 Å². The van der Waals surface area contributed by atoms with Gasteiger partial charge in [-0.05, 0) is 79.6 Å². The van der Waals surface area contributed by atoms with Crippen LogP contribution in [-0.2, 0) is 6.42 Å². The van der Waals surface area contributed by atoms with Crippen LogP contribution in [0.25, 0.3) is 128 Å². The molecule has 0 spiro atoms. The Labute approximate surface area is 402 Å². The molecule has 5 heterocycles. The van der Waals surface area contributed by atoms with Crippen molar-refractivity contribution in [2.24, 2.45) is 0 Å². The predicted molar refractivity (Wildman–Crippen MR) is 290 cm³/mol. The van der Waals surface area contributed by atoms with Crippen molar-refractivity contribution in [1.29, 1.82) is 0 Å². The quantitative estimate of drug-likeness (QED) is 0.167. The van der Waals surface area contributed by atoms with Crippen molar-refractivity contribution in [2.45, 2.75) is 12.8 Å². The molecule has 0 atom stereocenters. The standard InChI is InChI=1S/C64H42N6/c1-2-19-41(20-3-1)64-65-50(40-61(66-64)70-56-34-15-9-28-49(56)63-59(37-18-38-60(63)70)69-53-31-12-6-25-46(53)47-26-7-13-32-54(47)69)42-21-16-22-43(39-42)67-55-33-14-8-27-48(55)62-57(67)35-17-36-58(62)68-51-29-10-4-23-44(51)45-24-5-11-30-52(45)68/h1-12,14-31,33-40H,13,32H2. The van der Waals surface area contributed by atoms with Gasteiger partial charge in [-0.3, -0.25) is 4.57 Å². The molecule has 15 rings (SSSR count). The molecule has 0 radical (unpaired) electrons. The van der Waals surface area contributed by atoms with Crippen LogP contribution >= 0.6 is 0 Å². The summed E-state index contributed by atoms with van der Waals surface area (Å²) < 4.78 is 9.72. The largest absolute Gasteiger partial charge is 0.312 e. The second-order valence-corrected chi connectivity index (χ2v) is 18.4. The molecule has 0 amide bonds. The van der Waals surface area contributed by atoms with Gasteiger partial charge in [-0.2, -0.15) is 0 Å². The number of nitrogens with zero attached hydrogens (tertiary/aromatic N) is 6. The Bertz CT molecular complexity index is 4430. The van der Waals surface area contributed by atoms with Crippen molar-refractivity contribution in [1.82, 2.24) is 28.2 Å². The fourth-order valence-electron chi connectivity index (χ4n) is 11.7. The number of rotatable bonds is 6. The molecule has 0 bridgehead atoms. The number of hydrogen-bond acceptors (Lipinski definition) is 2. The van der Waals surface area contributed by atoms with Gasteiger partial charge in [-0.1, -0.05) is 158 Å². The van der Waals surface area contributed by atoms with Gasteiger partial charge < -0.3 is 13.7 Å². The smallest absolute Gasteiger partial charge is 0.162 e. The molecule has 0 N–H and O–H groups in total. The highest BCUT2D eigenvalue weighted by atomic mass is 15.1. The van der Waals surface area contributed by atoms with E-state index in [-0.39, 0.29) is 0 Å². The van der Waals surface area contributed by atoms with Crippen molar-refractivity contribution in [3.63, 3.8) is 0 Å². The third-order valence-electron chi connectivity index (χ3n) is 14.6. The Morgan fingerprint density at radius 2 is 0.857 bits per heavy atom. The first kappa shape index (κ1) is 38.8. The molecular weight excluding hydrogens is 853 g/mol. The molecule has 0 aliphatic heterocycles. The molecule has 14 aromatic rings. The lowest BCUT2D eigenvalue weighted by molar-refractivity contribution is 0.892. The van der Waals surface area contributed by atoms with E-state index in [1.54, 1.807) is 0 Å². The molecule has 1 aliphatic carbocycles. The van der Waals surface area contributed by atoms with Gasteiger partial charge in [-0.15, -0.1) is 0 Å². The topological polar surface area (TPSA) is 45.5 Å². The van der Waals surface area contributed by atoms with Gasteiger partial charge in [0.25, 0.3) is 0 Å². The lowest BCUT2D eigenvalue weighted by atomic mass is 10.0. The molecule has 0 saturated carbocycles. The molecule has 6 heteroatoms. The Balaban J connectivity index is 0.948. The van der Waals surface area contributed by atoms with Gasteiger partial charge in [0.05, 0.1) is 55.7 Å². The van der Waals surface area contributed by atoms with Crippen LogP contribution in [0.4, 0.5) is 0 Å². The van der Waals surface area contributed by atoms with Crippen molar-refractivity contribution in [3.8, 4) is 45.5 Å². The van der Waals surface area contributed by atoms with E-state index in [0.717, 1.165) is 68.9 Å². The van der Waals surface area contributed by atoms with E-state index in [0.29, 0.717) is 5.82 Å². The maximum Gasteiger partial charge on any atom is 0.162 e. The third kappa shape index (κ3) is 5.62. The van der Waals surface area contributed by atoms with E-state index in [9.17, 15) is 0 Å². The van der Waals surface area contributed by atoms with Gasteiger partial charge in [0, 0.05) is 71.8 Å². The van der Waals surface area contributed by atoms with E-state index < -0.39 is 0 Å². The number of para-hydroxylation sites is 5. The molecule has 0 fully saturated rings. The molecular formula is C64H42N6. The summed E-state index contributed by atoms with van der Waals surface area (Å²) in [6.07, 6.45) is 6.64. The van der Waals surface area contributed by atoms with E-state index in [4.69, 9.17) is 9.97 Å². The van der Waals surface area contributed by atoms with Crippen LogP contribution in [0.3, 0.4) is 0 Å². The normalized spacial score (nSPS) is 12.7. The van der Waals surface area contributed by atoms with Gasteiger partial charge in [0.15, 0.2) is 5.82 Å². The van der Waals surface area contributed by atoms with E-state index in [1.165, 1.54) is 71.2 Å². The maximum atomic E-state index is 5.44. The first-order chi connectivity index (χ1) is 34.8. The second-order valence-electron chi connectivity index (χ2n) is 18.4. The highest BCUT2D eigenvalue weighted by Crippen LogP contribution is 2.43. The van der Waals surface area contributed by atoms with Gasteiger partial charge in [0.1, 0.15) is 5.82 Å². The number of aromatic nitrogens is 6. The Hall–Kier alpha value is -9.26. The van der Waals surface area contributed by atoms with Crippen LogP contribution in [0.15, 0.2) is 224 Å². The minimum atomic E-state index is 0.672. The maximum absolute atomic E-state index is 5.44. The minimum absolute atomic E-state index is 0.672. The predicted octanol–water partition coefficient (Wildman–Crippen LogP) is 16.0. The summed E-state index contributed by atoms with van der Waals surface area (Å²) in [5, 5.41) is 8.57. The van der Waals surface area contributed by atoms with Crippen molar-refractivity contribution >= 4 is 82.4 Å². The summed E-state index contributed by atoms with van der Waals surface area (Å²) >= 11 is 0. The lowest BCUT2D eigenvalue weighted by Crippen LogP contribution is -2.04. The summed E-state index contributed by atoms with van der Waals surface area (Å²) in [7, 11) is 0. The SMILES string of the molecule is C1=Cc2c(n(-c3cccc4c3c3ccccc3n4-c3cc(-c4cccc(-n5c6ccccc6c6c(-n7c8ccccc8c8ccccc87)cccc65)c4)nc(-c4ccccc4)n3)c3ccccc23)CC1. The first-order valence-corrected chi connectivity index (χ1v) is 24.1. The summed E-state index contributed by atoms with van der Waals surface area (Å²) in [5.41, 5.74) is 17.0. The highest BCUT2D eigenvalue weighted by Gasteiger charge is 2.25. The van der Waals surface area contributed by atoms with Crippen LogP contribution in [-0.4, -0.2) is 28.2 Å².